The molecule has 0 atom stereocenters. The number of benzene rings is 2. The quantitative estimate of drug-likeness (QED) is 0.240. The van der Waals surface area contributed by atoms with Crippen LogP contribution >= 0.6 is 0 Å². The van der Waals surface area contributed by atoms with Crippen molar-refractivity contribution in [1.82, 2.24) is 15.0 Å². The number of carbonyl (C=O) groups is 1. The maximum absolute atomic E-state index is 13.0. The van der Waals surface area contributed by atoms with Gasteiger partial charge in [-0.15, -0.1) is 0 Å². The van der Waals surface area contributed by atoms with Crippen molar-refractivity contribution in [3.8, 4) is 17.0 Å². The number of unbranched alkanes of at least 4 members (excludes halogenated alkanes) is 1. The van der Waals surface area contributed by atoms with Crippen LogP contribution in [0.3, 0.4) is 0 Å². The molecule has 0 aliphatic heterocycles. The molecule has 4 aromatic rings. The van der Waals surface area contributed by atoms with Gasteiger partial charge in [-0.25, -0.2) is 10.4 Å². The molecule has 2 aromatic carbocycles. The number of nitrogens with zero attached hydrogens (tertiary/aromatic N) is 3. The monoisotopic (exact) mass is 426 g/mol. The summed E-state index contributed by atoms with van der Waals surface area (Å²) in [5, 5.41) is 4.91. The molecule has 0 unspecified atom stereocenters. The molecule has 0 saturated carbocycles. The summed E-state index contributed by atoms with van der Waals surface area (Å²) in [4.78, 5) is 17.8. The van der Waals surface area contributed by atoms with Gasteiger partial charge >= 0.3 is 0 Å². The molecule has 1 amide bonds. The van der Waals surface area contributed by atoms with Crippen LogP contribution in [0.2, 0.25) is 0 Å². The van der Waals surface area contributed by atoms with E-state index in [1.165, 1.54) is 0 Å². The van der Waals surface area contributed by atoms with E-state index in [-0.39, 0.29) is 5.91 Å². The number of hydrazone groups is 1. The van der Waals surface area contributed by atoms with Crippen molar-refractivity contribution in [3.05, 3.63) is 84.2 Å². The summed E-state index contributed by atoms with van der Waals surface area (Å²) in [5.74, 6) is 0.509. The highest BCUT2D eigenvalue weighted by atomic mass is 16.5. The fourth-order valence-corrected chi connectivity index (χ4v) is 3.42. The van der Waals surface area contributed by atoms with Crippen molar-refractivity contribution >= 4 is 23.0 Å². The van der Waals surface area contributed by atoms with Gasteiger partial charge in [0, 0.05) is 24.2 Å². The predicted molar refractivity (Wildman–Crippen MR) is 128 cm³/mol. The first-order chi connectivity index (χ1) is 15.7. The molecule has 0 bridgehead atoms. The van der Waals surface area contributed by atoms with Crippen LogP contribution in [0.25, 0.3) is 22.2 Å². The van der Waals surface area contributed by atoms with Crippen LogP contribution in [0.1, 0.15) is 35.8 Å². The largest absolute Gasteiger partial charge is 0.494 e. The molecule has 2 aromatic heterocycles. The third kappa shape index (κ3) is 4.86. The molecular formula is C26H26N4O2. The number of hydrogen-bond donors (Lipinski definition) is 1. The molecule has 2 heterocycles. The predicted octanol–water partition coefficient (Wildman–Crippen LogP) is 5.18. The molecule has 0 saturated heterocycles. The summed E-state index contributed by atoms with van der Waals surface area (Å²) >= 11 is 0. The van der Waals surface area contributed by atoms with Crippen molar-refractivity contribution in [1.29, 1.82) is 0 Å². The minimum absolute atomic E-state index is 0.286. The van der Waals surface area contributed by atoms with E-state index in [1.807, 2.05) is 78.5 Å². The van der Waals surface area contributed by atoms with Crippen LogP contribution in [0.15, 0.2) is 78.0 Å². The number of carbonyl (C=O) groups excluding carboxylic acids is 1. The zero-order valence-corrected chi connectivity index (χ0v) is 18.3. The highest BCUT2D eigenvalue weighted by Crippen LogP contribution is 2.27. The zero-order chi connectivity index (χ0) is 22.3. The normalized spacial score (nSPS) is 11.2. The topological polar surface area (TPSA) is 68.5 Å². The first-order valence-corrected chi connectivity index (χ1v) is 10.7. The van der Waals surface area contributed by atoms with E-state index >= 15 is 0 Å². The fourth-order valence-electron chi connectivity index (χ4n) is 3.42. The number of hydrogen-bond acceptors (Lipinski definition) is 4. The summed E-state index contributed by atoms with van der Waals surface area (Å²) in [6, 6.07) is 21.1. The lowest BCUT2D eigenvalue weighted by molar-refractivity contribution is 0.0956. The van der Waals surface area contributed by atoms with Gasteiger partial charge in [-0.1, -0.05) is 43.7 Å². The Hall–Kier alpha value is -3.93. The number of rotatable bonds is 8. The lowest BCUT2D eigenvalue weighted by Gasteiger charge is -2.11. The molecule has 0 spiro atoms. The van der Waals surface area contributed by atoms with Crippen molar-refractivity contribution in [2.24, 2.45) is 12.1 Å². The Morgan fingerprint density at radius 2 is 2.00 bits per heavy atom. The van der Waals surface area contributed by atoms with Crippen LogP contribution in [0.5, 0.6) is 5.75 Å². The smallest absolute Gasteiger partial charge is 0.272 e. The highest BCUT2D eigenvalue weighted by Gasteiger charge is 2.14. The van der Waals surface area contributed by atoms with Gasteiger partial charge in [-0.05, 0) is 42.8 Å². The Morgan fingerprint density at radius 3 is 2.81 bits per heavy atom. The fraction of sp³-hybridized carbons (Fsp3) is 0.192. The number of ether oxygens (including phenoxy) is 1. The summed E-state index contributed by atoms with van der Waals surface area (Å²) in [6.45, 7) is 2.81. The summed E-state index contributed by atoms with van der Waals surface area (Å²) in [7, 11) is 1.92. The number of amides is 1. The summed E-state index contributed by atoms with van der Waals surface area (Å²) in [6.07, 6.45) is 5.63. The Morgan fingerprint density at radius 1 is 1.12 bits per heavy atom. The standard InChI is InChI=1S/C26H26N4O2/c1-3-4-15-32-21-11-7-9-19(16-21)25-17-23(22-12-5-6-13-24(22)28-25)26(31)29-27-18-20-10-8-14-30(20)2/h5-14,16-18H,3-4,15H2,1-2H3,(H,29,31)/b27-18+. The van der Waals surface area contributed by atoms with Gasteiger partial charge in [0.1, 0.15) is 5.75 Å². The first-order valence-electron chi connectivity index (χ1n) is 10.7. The van der Waals surface area contributed by atoms with E-state index in [0.29, 0.717) is 17.9 Å². The molecule has 0 radical (unpaired) electrons. The minimum atomic E-state index is -0.286. The second-order valence-electron chi connectivity index (χ2n) is 7.55. The van der Waals surface area contributed by atoms with E-state index in [0.717, 1.165) is 40.8 Å². The van der Waals surface area contributed by atoms with Gasteiger partial charge in [0.15, 0.2) is 0 Å². The second kappa shape index (κ2) is 9.92. The number of nitrogens with one attached hydrogen (secondary N) is 1. The Balaban J connectivity index is 1.64. The van der Waals surface area contributed by atoms with E-state index in [4.69, 9.17) is 9.72 Å². The first kappa shape index (κ1) is 21.3. The molecular weight excluding hydrogens is 400 g/mol. The van der Waals surface area contributed by atoms with Crippen LogP contribution < -0.4 is 10.2 Å². The van der Waals surface area contributed by atoms with E-state index in [2.05, 4.69) is 17.5 Å². The van der Waals surface area contributed by atoms with E-state index in [9.17, 15) is 4.79 Å². The zero-order valence-electron chi connectivity index (χ0n) is 18.3. The van der Waals surface area contributed by atoms with Crippen LogP contribution in [0.4, 0.5) is 0 Å². The Kier molecular flexibility index (Phi) is 6.60. The molecule has 0 fully saturated rings. The van der Waals surface area contributed by atoms with Gasteiger partial charge < -0.3 is 9.30 Å². The second-order valence-corrected chi connectivity index (χ2v) is 7.55. The molecule has 4 rings (SSSR count). The van der Waals surface area contributed by atoms with Crippen LogP contribution in [0, 0.1) is 0 Å². The van der Waals surface area contributed by atoms with Gasteiger partial charge in [-0.2, -0.15) is 5.10 Å². The third-order valence-electron chi connectivity index (χ3n) is 5.20. The number of aryl methyl sites for hydroxylation is 1. The van der Waals surface area contributed by atoms with Gasteiger partial charge in [0.25, 0.3) is 5.91 Å². The molecule has 0 aliphatic carbocycles. The van der Waals surface area contributed by atoms with E-state index in [1.54, 1.807) is 12.3 Å². The molecule has 6 nitrogen and oxygen atoms in total. The summed E-state index contributed by atoms with van der Waals surface area (Å²) < 4.78 is 7.77. The average molecular weight is 427 g/mol. The molecule has 0 aliphatic rings. The van der Waals surface area contributed by atoms with Crippen molar-refractivity contribution in [2.45, 2.75) is 19.8 Å². The SMILES string of the molecule is CCCCOc1cccc(-c2cc(C(=O)N/N=C/c3cccn3C)c3ccccc3n2)c1. The summed E-state index contributed by atoms with van der Waals surface area (Å²) in [5.41, 5.74) is 6.41. The Bertz CT molecular complexity index is 1260. The minimum Gasteiger partial charge on any atom is -0.494 e. The lowest BCUT2D eigenvalue weighted by Crippen LogP contribution is -2.18. The van der Waals surface area contributed by atoms with Crippen molar-refractivity contribution < 1.29 is 9.53 Å². The van der Waals surface area contributed by atoms with Crippen LogP contribution in [-0.4, -0.2) is 28.3 Å². The van der Waals surface area contributed by atoms with Crippen molar-refractivity contribution in [3.63, 3.8) is 0 Å². The van der Waals surface area contributed by atoms with Gasteiger partial charge in [0.05, 0.1) is 35.3 Å². The van der Waals surface area contributed by atoms with Crippen LogP contribution in [-0.2, 0) is 7.05 Å². The number of pyridine rings is 1. The number of fused-ring (bicyclic) bond motifs is 1. The maximum atomic E-state index is 13.0. The average Bonchev–Trinajstić information content (AvgIpc) is 3.23. The van der Waals surface area contributed by atoms with Gasteiger partial charge in [-0.3, -0.25) is 4.79 Å². The Labute approximate surface area is 187 Å². The lowest BCUT2D eigenvalue weighted by atomic mass is 10.0. The maximum Gasteiger partial charge on any atom is 0.272 e. The number of aromatic nitrogens is 2. The van der Waals surface area contributed by atoms with E-state index < -0.39 is 0 Å². The van der Waals surface area contributed by atoms with Crippen molar-refractivity contribution in [2.75, 3.05) is 6.61 Å². The third-order valence-corrected chi connectivity index (χ3v) is 5.20. The molecule has 32 heavy (non-hydrogen) atoms. The molecule has 162 valence electrons. The molecule has 6 heteroatoms. The molecule has 1 N–H and O–H groups in total. The van der Waals surface area contributed by atoms with Gasteiger partial charge in [0.2, 0.25) is 0 Å². The highest BCUT2D eigenvalue weighted by molar-refractivity contribution is 6.07. The number of para-hydroxylation sites is 1.